The summed E-state index contributed by atoms with van der Waals surface area (Å²) in [5.74, 6) is 0. The maximum absolute atomic E-state index is 9.27. The maximum Gasteiger partial charge on any atom is 0.136 e. The standard InChI is InChI=1S/C38H24O/c1-3-12-25(13-4-1)27-22-23-34-33(24-27)38-32(20-11-21-35(38)39-34)37-30-18-9-7-16-28(30)36(26-14-5-2-6-15-26)29-17-8-10-19-31(29)37/h1-24H/i2D,5D,6D,7D,8D,9D,10D,14D,15D,16D,17D,18D,19D. The van der Waals surface area contributed by atoms with Crippen molar-refractivity contribution in [3.05, 3.63) is 145 Å². The van der Waals surface area contributed by atoms with Gasteiger partial charge in [-0.1, -0.05) is 127 Å². The fraction of sp³-hybridized carbons (Fsp3) is 0. The van der Waals surface area contributed by atoms with Crippen molar-refractivity contribution in [3.8, 4) is 33.4 Å². The van der Waals surface area contributed by atoms with Gasteiger partial charge < -0.3 is 4.42 Å². The first kappa shape index (κ1) is 12.6. The molecule has 0 atom stereocenters. The molecule has 0 aliphatic rings. The van der Waals surface area contributed by atoms with Crippen molar-refractivity contribution in [1.29, 1.82) is 0 Å². The van der Waals surface area contributed by atoms with Gasteiger partial charge in [-0.25, -0.2) is 0 Å². The Morgan fingerprint density at radius 3 is 1.77 bits per heavy atom. The van der Waals surface area contributed by atoms with Gasteiger partial charge in [-0.05, 0) is 73.1 Å². The molecule has 8 aromatic rings. The highest BCUT2D eigenvalue weighted by molar-refractivity contribution is 6.25. The van der Waals surface area contributed by atoms with Crippen LogP contribution in [0.3, 0.4) is 0 Å². The molecule has 0 radical (unpaired) electrons. The summed E-state index contributed by atoms with van der Waals surface area (Å²) in [6.07, 6.45) is 0. The van der Waals surface area contributed by atoms with Crippen molar-refractivity contribution in [2.75, 3.05) is 0 Å². The number of benzene rings is 7. The minimum Gasteiger partial charge on any atom is -0.456 e. The van der Waals surface area contributed by atoms with Crippen LogP contribution in [0, 0.1) is 0 Å². The summed E-state index contributed by atoms with van der Waals surface area (Å²) in [6.45, 7) is 0. The molecule has 0 aliphatic carbocycles. The normalized spacial score (nSPS) is 16.3. The molecule has 0 N–H and O–H groups in total. The molecule has 1 nitrogen and oxygen atoms in total. The molecule has 8 rings (SSSR count). The summed E-state index contributed by atoms with van der Waals surface area (Å²) in [4.78, 5) is 0. The molecule has 1 heteroatoms. The van der Waals surface area contributed by atoms with Crippen LogP contribution in [0.1, 0.15) is 17.8 Å². The number of fused-ring (bicyclic) bond motifs is 5. The Bertz CT molecular complexity index is 2770. The Labute approximate surface area is 244 Å². The Balaban J connectivity index is 1.69. The monoisotopic (exact) mass is 509 g/mol. The SMILES string of the molecule is [2H]c1c([2H])c([2H])c(-c2c3c([2H])c([2H])c([2H])c([2H])c3c(-c3cccc4oc5ccc(-c6ccccc6)cc5c34)c3c([2H])c([2H])c([2H])c([2H])c23)c([2H])c1[2H]. The first-order valence-electron chi connectivity index (χ1n) is 18.8. The van der Waals surface area contributed by atoms with Gasteiger partial charge >= 0.3 is 0 Å². The lowest BCUT2D eigenvalue weighted by Crippen LogP contribution is -1.91. The highest BCUT2D eigenvalue weighted by Crippen LogP contribution is 2.47. The molecule has 0 bridgehead atoms. The van der Waals surface area contributed by atoms with Gasteiger partial charge in [0.15, 0.2) is 0 Å². The molecule has 1 heterocycles. The molecule has 1 aromatic heterocycles. The first-order chi connectivity index (χ1) is 24.8. The van der Waals surface area contributed by atoms with Crippen LogP contribution < -0.4 is 0 Å². The van der Waals surface area contributed by atoms with Crippen molar-refractivity contribution in [1.82, 2.24) is 0 Å². The molecule has 0 amide bonds. The summed E-state index contributed by atoms with van der Waals surface area (Å²) >= 11 is 0. The molecule has 182 valence electrons. The molecule has 0 aliphatic heterocycles. The predicted octanol–water partition coefficient (Wildman–Crippen LogP) is 10.9. The van der Waals surface area contributed by atoms with Crippen LogP contribution in [0.15, 0.2) is 150 Å². The number of rotatable bonds is 3. The minimum atomic E-state index is -0.716. The van der Waals surface area contributed by atoms with Crippen LogP contribution in [0.4, 0.5) is 0 Å². The summed E-state index contributed by atoms with van der Waals surface area (Å²) in [5.41, 5.74) is 2.34. The highest BCUT2D eigenvalue weighted by Gasteiger charge is 2.20. The van der Waals surface area contributed by atoms with Crippen LogP contribution in [-0.2, 0) is 0 Å². The lowest BCUT2D eigenvalue weighted by atomic mass is 9.85. The van der Waals surface area contributed by atoms with Crippen LogP contribution in [0.2, 0.25) is 0 Å². The Kier molecular flexibility index (Phi) is 2.82. The molecule has 0 saturated carbocycles. The Morgan fingerprint density at radius 2 is 1.08 bits per heavy atom. The molecule has 0 saturated heterocycles. The third kappa shape index (κ3) is 3.41. The van der Waals surface area contributed by atoms with E-state index in [0.29, 0.717) is 27.5 Å². The van der Waals surface area contributed by atoms with Crippen LogP contribution in [-0.4, -0.2) is 0 Å². The van der Waals surface area contributed by atoms with Crippen molar-refractivity contribution < 1.29 is 22.2 Å². The summed E-state index contributed by atoms with van der Waals surface area (Å²) in [5, 5.41) is 0.356. The third-order valence-corrected chi connectivity index (χ3v) is 7.00. The second-order valence-electron chi connectivity index (χ2n) is 9.11. The van der Waals surface area contributed by atoms with E-state index in [9.17, 15) is 5.48 Å². The summed E-state index contributed by atoms with van der Waals surface area (Å²) < 4.78 is 121. The van der Waals surface area contributed by atoms with Crippen LogP contribution >= 0.6 is 0 Å². The van der Waals surface area contributed by atoms with E-state index in [4.69, 9.17) is 16.8 Å². The second-order valence-corrected chi connectivity index (χ2v) is 9.11. The number of hydrogen-bond donors (Lipinski definition) is 0. The molecule has 0 unspecified atom stereocenters. The van der Waals surface area contributed by atoms with Crippen molar-refractivity contribution in [2.24, 2.45) is 0 Å². The van der Waals surface area contributed by atoms with Gasteiger partial charge in [-0.2, -0.15) is 0 Å². The zero-order chi connectivity index (χ0) is 37.1. The van der Waals surface area contributed by atoms with Gasteiger partial charge in [0.05, 0.1) is 17.8 Å². The number of hydrogen-bond acceptors (Lipinski definition) is 1. The molecular formula is C38H24O. The predicted molar refractivity (Wildman–Crippen MR) is 165 cm³/mol. The minimum absolute atomic E-state index is 0.0542. The fourth-order valence-corrected chi connectivity index (χ4v) is 5.36. The topological polar surface area (TPSA) is 13.1 Å². The molecule has 7 aromatic carbocycles. The number of furan rings is 1. The quantitative estimate of drug-likeness (QED) is 0.216. The van der Waals surface area contributed by atoms with Gasteiger partial charge in [0.2, 0.25) is 0 Å². The average molecular weight is 510 g/mol. The van der Waals surface area contributed by atoms with Gasteiger partial charge in [-0.15, -0.1) is 0 Å². The lowest BCUT2D eigenvalue weighted by Gasteiger charge is -2.18. The van der Waals surface area contributed by atoms with E-state index in [1.165, 1.54) is 0 Å². The second kappa shape index (κ2) is 8.72. The highest BCUT2D eigenvalue weighted by atomic mass is 16.3. The van der Waals surface area contributed by atoms with E-state index in [1.807, 2.05) is 48.5 Å². The van der Waals surface area contributed by atoms with E-state index in [2.05, 4.69) is 0 Å². The van der Waals surface area contributed by atoms with Crippen molar-refractivity contribution >= 4 is 43.5 Å². The van der Waals surface area contributed by atoms with Gasteiger partial charge in [0.25, 0.3) is 0 Å². The van der Waals surface area contributed by atoms with Gasteiger partial charge in [0.1, 0.15) is 11.2 Å². The van der Waals surface area contributed by atoms with Gasteiger partial charge in [-0.3, -0.25) is 0 Å². The van der Waals surface area contributed by atoms with Crippen LogP contribution in [0.25, 0.3) is 76.9 Å². The van der Waals surface area contributed by atoms with E-state index in [1.54, 1.807) is 18.2 Å². The summed E-state index contributed by atoms with van der Waals surface area (Å²) in [6, 6.07) is 12.0. The van der Waals surface area contributed by atoms with Crippen LogP contribution in [0.5, 0.6) is 0 Å². The molecule has 0 spiro atoms. The zero-order valence-electron chi connectivity index (χ0n) is 33.3. The molecule has 0 fully saturated rings. The fourth-order valence-electron chi connectivity index (χ4n) is 5.36. The van der Waals surface area contributed by atoms with Crippen molar-refractivity contribution in [2.45, 2.75) is 0 Å². The maximum atomic E-state index is 9.27. The average Bonchev–Trinajstić information content (AvgIpc) is 3.54. The van der Waals surface area contributed by atoms with Gasteiger partial charge in [0, 0.05) is 10.8 Å². The molecule has 39 heavy (non-hydrogen) atoms. The van der Waals surface area contributed by atoms with E-state index in [0.717, 1.165) is 11.1 Å². The Hall–Kier alpha value is -5.14. The smallest absolute Gasteiger partial charge is 0.136 e. The first-order valence-corrected chi connectivity index (χ1v) is 12.3. The van der Waals surface area contributed by atoms with E-state index in [-0.39, 0.29) is 32.7 Å². The largest absolute Gasteiger partial charge is 0.456 e. The van der Waals surface area contributed by atoms with Crippen molar-refractivity contribution in [3.63, 3.8) is 0 Å². The zero-order valence-corrected chi connectivity index (χ0v) is 20.3. The molecular weight excluding hydrogens is 472 g/mol. The lowest BCUT2D eigenvalue weighted by molar-refractivity contribution is 0.669. The van der Waals surface area contributed by atoms with E-state index < -0.39 is 84.1 Å². The van der Waals surface area contributed by atoms with E-state index >= 15 is 0 Å². The Morgan fingerprint density at radius 1 is 0.436 bits per heavy atom. The summed E-state index contributed by atoms with van der Waals surface area (Å²) in [7, 11) is 0. The third-order valence-electron chi connectivity index (χ3n) is 7.00.